The fourth-order valence-electron chi connectivity index (χ4n) is 2.45. The molecule has 0 spiro atoms. The van der Waals surface area contributed by atoms with E-state index in [0.717, 1.165) is 17.5 Å². The molecule has 0 fully saturated rings. The highest BCUT2D eigenvalue weighted by Crippen LogP contribution is 2.38. The van der Waals surface area contributed by atoms with Crippen LogP contribution in [-0.2, 0) is 19.9 Å². The molecule has 3 heteroatoms. The molecule has 20 heavy (non-hydrogen) atoms. The zero-order valence-corrected chi connectivity index (χ0v) is 11.8. The Morgan fingerprint density at radius 2 is 2.00 bits per heavy atom. The zero-order chi connectivity index (χ0) is 14.8. The van der Waals surface area contributed by atoms with E-state index in [1.54, 1.807) is 13.0 Å². The van der Waals surface area contributed by atoms with Gasteiger partial charge < -0.3 is 4.74 Å². The van der Waals surface area contributed by atoms with Gasteiger partial charge in [-0.25, -0.2) is 4.79 Å². The number of esters is 1. The second kappa shape index (κ2) is 5.45. The predicted octanol–water partition coefficient (Wildman–Crippen LogP) is 3.40. The van der Waals surface area contributed by atoms with Gasteiger partial charge in [-0.05, 0) is 25.0 Å². The lowest BCUT2D eigenvalue weighted by Gasteiger charge is -2.34. The Bertz CT molecular complexity index is 598. The molecular formula is C17H18O3. The van der Waals surface area contributed by atoms with Crippen molar-refractivity contribution < 1.29 is 14.3 Å². The molecule has 0 bridgehead atoms. The number of hydrogen-bond acceptors (Lipinski definition) is 3. The van der Waals surface area contributed by atoms with Crippen LogP contribution < -0.4 is 0 Å². The number of carbonyl (C=O) groups is 2. The summed E-state index contributed by atoms with van der Waals surface area (Å²) in [7, 11) is 0. The first-order valence-electron chi connectivity index (χ1n) is 6.72. The maximum absolute atomic E-state index is 12.4. The lowest BCUT2D eigenvalue weighted by molar-refractivity contribution is -0.164. The monoisotopic (exact) mass is 270 g/mol. The summed E-state index contributed by atoms with van der Waals surface area (Å²) in [6.45, 7) is 7.13. The largest absolute Gasteiger partial charge is 0.442 e. The average molecular weight is 270 g/mol. The second-order valence-electron chi connectivity index (χ2n) is 5.03. The first-order chi connectivity index (χ1) is 9.51. The highest BCUT2D eigenvalue weighted by molar-refractivity contribution is 6.05. The number of benzene rings is 1. The van der Waals surface area contributed by atoms with Crippen molar-refractivity contribution in [1.29, 1.82) is 0 Å². The van der Waals surface area contributed by atoms with Gasteiger partial charge >= 0.3 is 5.97 Å². The maximum atomic E-state index is 12.4. The number of ether oxygens (including phenoxy) is 1. The van der Waals surface area contributed by atoms with E-state index in [-0.39, 0.29) is 5.78 Å². The van der Waals surface area contributed by atoms with Gasteiger partial charge in [0.05, 0.1) is 0 Å². The van der Waals surface area contributed by atoms with Crippen LogP contribution in [0.5, 0.6) is 0 Å². The van der Waals surface area contributed by atoms with Crippen LogP contribution in [0.1, 0.15) is 37.8 Å². The van der Waals surface area contributed by atoms with E-state index in [2.05, 4.69) is 6.58 Å². The number of ketones is 1. The molecule has 0 saturated heterocycles. The number of fused-ring (bicyclic) bond motifs is 1. The Kier molecular flexibility index (Phi) is 3.89. The molecule has 3 nitrogen and oxygen atoms in total. The Balaban J connectivity index is 2.55. The normalized spacial score (nSPS) is 20.4. The molecular weight excluding hydrogens is 252 g/mol. The molecule has 1 aliphatic carbocycles. The van der Waals surface area contributed by atoms with Gasteiger partial charge in [0, 0.05) is 11.1 Å². The number of hydrogen-bond donors (Lipinski definition) is 0. The van der Waals surface area contributed by atoms with Crippen LogP contribution in [0.25, 0.3) is 6.08 Å². The molecule has 0 amide bonds. The summed E-state index contributed by atoms with van der Waals surface area (Å²) in [5.41, 5.74) is 0.746. The van der Waals surface area contributed by atoms with E-state index >= 15 is 0 Å². The molecule has 0 heterocycles. The Labute approximate surface area is 118 Å². The molecule has 0 saturated carbocycles. The summed E-state index contributed by atoms with van der Waals surface area (Å²) in [6.07, 6.45) is 4.45. The third kappa shape index (κ3) is 2.31. The number of rotatable bonds is 4. The Morgan fingerprint density at radius 3 is 2.65 bits per heavy atom. The summed E-state index contributed by atoms with van der Waals surface area (Å²) < 4.78 is 5.58. The van der Waals surface area contributed by atoms with E-state index in [0.29, 0.717) is 12.0 Å². The summed E-state index contributed by atoms with van der Waals surface area (Å²) in [6, 6.07) is 7.51. The zero-order valence-electron chi connectivity index (χ0n) is 11.8. The minimum Gasteiger partial charge on any atom is -0.442 e. The first-order valence-corrected chi connectivity index (χ1v) is 6.72. The lowest BCUT2D eigenvalue weighted by atomic mass is 9.79. The van der Waals surface area contributed by atoms with Gasteiger partial charge in [0.15, 0.2) is 5.60 Å². The van der Waals surface area contributed by atoms with Gasteiger partial charge in [-0.15, -0.1) is 0 Å². The van der Waals surface area contributed by atoms with Gasteiger partial charge in [0.25, 0.3) is 0 Å². The number of carbonyl (C=O) groups excluding carboxylic acids is 2. The highest BCUT2D eigenvalue weighted by Gasteiger charge is 2.44. The molecule has 0 aliphatic heterocycles. The smallest absolute Gasteiger partial charge is 0.334 e. The van der Waals surface area contributed by atoms with Crippen LogP contribution in [0.2, 0.25) is 0 Å². The first kappa shape index (κ1) is 14.3. The minimum atomic E-state index is -1.21. The SMILES string of the molecule is C=C(C)C(=O)OC1(CCC)C(=O)C=Cc2ccccc21. The van der Waals surface area contributed by atoms with E-state index in [4.69, 9.17) is 4.74 Å². The molecule has 1 aromatic rings. The molecule has 1 unspecified atom stereocenters. The maximum Gasteiger partial charge on any atom is 0.334 e. The van der Waals surface area contributed by atoms with Crippen molar-refractivity contribution in [3.05, 3.63) is 53.6 Å². The van der Waals surface area contributed by atoms with Crippen LogP contribution in [0.4, 0.5) is 0 Å². The van der Waals surface area contributed by atoms with E-state index in [1.165, 1.54) is 6.08 Å². The van der Waals surface area contributed by atoms with E-state index in [1.807, 2.05) is 31.2 Å². The Morgan fingerprint density at radius 1 is 1.30 bits per heavy atom. The summed E-state index contributed by atoms with van der Waals surface area (Å²) >= 11 is 0. The standard InChI is InChI=1S/C17H18O3/c1-4-11-17(20-16(19)12(2)3)14-8-6-5-7-13(14)9-10-15(17)18/h5-10H,2,4,11H2,1,3H3. The van der Waals surface area contributed by atoms with Crippen LogP contribution in [0.3, 0.4) is 0 Å². The van der Waals surface area contributed by atoms with Crippen LogP contribution in [0, 0.1) is 0 Å². The van der Waals surface area contributed by atoms with Gasteiger partial charge in [0.2, 0.25) is 5.78 Å². The molecule has 1 aliphatic rings. The summed E-state index contributed by atoms with van der Waals surface area (Å²) in [4.78, 5) is 24.4. The van der Waals surface area contributed by atoms with Crippen molar-refractivity contribution in [2.45, 2.75) is 32.3 Å². The van der Waals surface area contributed by atoms with Crippen molar-refractivity contribution in [3.8, 4) is 0 Å². The summed E-state index contributed by atoms with van der Waals surface area (Å²) in [5, 5.41) is 0. The molecule has 0 aromatic heterocycles. The van der Waals surface area contributed by atoms with Gasteiger partial charge in [0.1, 0.15) is 0 Å². The predicted molar refractivity (Wildman–Crippen MR) is 78.0 cm³/mol. The van der Waals surface area contributed by atoms with E-state index < -0.39 is 11.6 Å². The molecule has 1 atom stereocenters. The highest BCUT2D eigenvalue weighted by atomic mass is 16.6. The molecule has 1 aromatic carbocycles. The third-order valence-electron chi connectivity index (χ3n) is 3.43. The van der Waals surface area contributed by atoms with Crippen molar-refractivity contribution in [2.24, 2.45) is 0 Å². The lowest BCUT2D eigenvalue weighted by Crippen LogP contribution is -2.42. The third-order valence-corrected chi connectivity index (χ3v) is 3.43. The molecule has 104 valence electrons. The van der Waals surface area contributed by atoms with Gasteiger partial charge in [-0.2, -0.15) is 0 Å². The average Bonchev–Trinajstić information content (AvgIpc) is 2.43. The Hall–Kier alpha value is -2.16. The van der Waals surface area contributed by atoms with Crippen molar-refractivity contribution >= 4 is 17.8 Å². The molecule has 0 radical (unpaired) electrons. The van der Waals surface area contributed by atoms with Gasteiger partial charge in [-0.1, -0.05) is 50.3 Å². The summed E-state index contributed by atoms with van der Waals surface area (Å²) in [5.74, 6) is -0.718. The molecule has 0 N–H and O–H groups in total. The van der Waals surface area contributed by atoms with Crippen molar-refractivity contribution in [2.75, 3.05) is 0 Å². The fourth-order valence-corrected chi connectivity index (χ4v) is 2.45. The second-order valence-corrected chi connectivity index (χ2v) is 5.03. The van der Waals surface area contributed by atoms with Crippen LogP contribution >= 0.6 is 0 Å². The fraction of sp³-hybridized carbons (Fsp3) is 0.294. The van der Waals surface area contributed by atoms with Crippen LogP contribution in [-0.4, -0.2) is 11.8 Å². The van der Waals surface area contributed by atoms with E-state index in [9.17, 15) is 9.59 Å². The van der Waals surface area contributed by atoms with Crippen molar-refractivity contribution in [1.82, 2.24) is 0 Å². The van der Waals surface area contributed by atoms with Crippen LogP contribution in [0.15, 0.2) is 42.5 Å². The molecule has 2 rings (SSSR count). The van der Waals surface area contributed by atoms with Crippen molar-refractivity contribution in [3.63, 3.8) is 0 Å². The quantitative estimate of drug-likeness (QED) is 0.622. The minimum absolute atomic E-state index is 0.187. The van der Waals surface area contributed by atoms with Gasteiger partial charge in [-0.3, -0.25) is 4.79 Å². The topological polar surface area (TPSA) is 43.4 Å².